The molecule has 0 bridgehead atoms. The number of anilines is 1. The van der Waals surface area contributed by atoms with Gasteiger partial charge in [-0.1, -0.05) is 6.07 Å². The maximum absolute atomic E-state index is 13.8. The van der Waals surface area contributed by atoms with Crippen LogP contribution in [0.3, 0.4) is 0 Å². The highest BCUT2D eigenvalue weighted by molar-refractivity contribution is 7.92. The molecule has 0 spiro atoms. The van der Waals surface area contributed by atoms with Crippen molar-refractivity contribution in [1.82, 2.24) is 10.2 Å². The summed E-state index contributed by atoms with van der Waals surface area (Å²) in [6.07, 6.45) is 1.72. The second-order valence-corrected chi connectivity index (χ2v) is 7.29. The zero-order chi connectivity index (χ0) is 16.4. The van der Waals surface area contributed by atoms with Gasteiger partial charge in [0.05, 0.1) is 0 Å². The third-order valence-corrected chi connectivity index (χ3v) is 5.24. The van der Waals surface area contributed by atoms with Crippen molar-refractivity contribution < 1.29 is 17.5 Å². The van der Waals surface area contributed by atoms with Gasteiger partial charge in [-0.05, 0) is 37.5 Å². The van der Waals surface area contributed by atoms with E-state index in [1.807, 2.05) is 0 Å². The van der Waals surface area contributed by atoms with Crippen molar-refractivity contribution in [3.8, 4) is 0 Å². The summed E-state index contributed by atoms with van der Waals surface area (Å²) < 4.78 is 46.1. The molecule has 1 aliphatic rings. The van der Waals surface area contributed by atoms with E-state index in [0.717, 1.165) is 24.6 Å². The van der Waals surface area contributed by atoms with Crippen LogP contribution in [0.5, 0.6) is 0 Å². The molecule has 2 aromatic rings. The van der Waals surface area contributed by atoms with E-state index in [-0.39, 0.29) is 16.6 Å². The van der Waals surface area contributed by atoms with E-state index in [9.17, 15) is 12.8 Å². The van der Waals surface area contributed by atoms with Crippen molar-refractivity contribution in [2.24, 2.45) is 0 Å². The van der Waals surface area contributed by atoms with Crippen molar-refractivity contribution >= 4 is 15.8 Å². The molecule has 3 rings (SSSR count). The van der Waals surface area contributed by atoms with Gasteiger partial charge in [0.25, 0.3) is 10.0 Å². The Balaban J connectivity index is 1.81. The molecule has 1 fully saturated rings. The molecule has 0 atom stereocenters. The van der Waals surface area contributed by atoms with E-state index in [2.05, 4.69) is 14.9 Å². The van der Waals surface area contributed by atoms with Crippen molar-refractivity contribution in [1.29, 1.82) is 0 Å². The number of halogens is 1. The zero-order valence-corrected chi connectivity index (χ0v) is 13.5. The average molecular weight is 339 g/mol. The van der Waals surface area contributed by atoms with E-state index in [1.165, 1.54) is 12.1 Å². The highest BCUT2D eigenvalue weighted by atomic mass is 32.2. The summed E-state index contributed by atoms with van der Waals surface area (Å²) in [5, 5.41) is 6.82. The van der Waals surface area contributed by atoms with Crippen LogP contribution in [0.15, 0.2) is 29.2 Å². The monoisotopic (exact) mass is 339 g/mol. The molecule has 0 radical (unpaired) electrons. The van der Waals surface area contributed by atoms with Gasteiger partial charge in [0.1, 0.15) is 10.7 Å². The Morgan fingerprint density at radius 3 is 2.78 bits per heavy atom. The largest absolute Gasteiger partial charge is 0.381 e. The van der Waals surface area contributed by atoms with Crippen LogP contribution in [0.2, 0.25) is 0 Å². The smallest absolute Gasteiger partial charge is 0.266 e. The zero-order valence-electron chi connectivity index (χ0n) is 12.7. The summed E-state index contributed by atoms with van der Waals surface area (Å²) in [4.78, 5) is -0.381. The minimum atomic E-state index is -4.02. The molecule has 0 aliphatic carbocycles. The van der Waals surface area contributed by atoms with E-state index in [0.29, 0.717) is 18.8 Å². The number of hydrogen-bond donors (Lipinski definition) is 2. The van der Waals surface area contributed by atoms with Gasteiger partial charge in [-0.2, -0.15) is 5.10 Å². The quantitative estimate of drug-likeness (QED) is 0.896. The number of H-pyrrole nitrogens is 1. The van der Waals surface area contributed by atoms with Gasteiger partial charge in [0, 0.05) is 30.9 Å². The van der Waals surface area contributed by atoms with E-state index in [4.69, 9.17) is 4.74 Å². The van der Waals surface area contributed by atoms with Crippen LogP contribution < -0.4 is 4.72 Å². The van der Waals surface area contributed by atoms with Crippen molar-refractivity contribution in [3.63, 3.8) is 0 Å². The van der Waals surface area contributed by atoms with Gasteiger partial charge < -0.3 is 4.74 Å². The maximum Gasteiger partial charge on any atom is 0.266 e. The van der Waals surface area contributed by atoms with E-state index >= 15 is 0 Å². The number of sulfonamides is 1. The van der Waals surface area contributed by atoms with Crippen molar-refractivity contribution in [3.05, 3.63) is 41.3 Å². The number of nitrogens with zero attached hydrogens (tertiary/aromatic N) is 1. The lowest BCUT2D eigenvalue weighted by Crippen LogP contribution is -2.15. The lowest BCUT2D eigenvalue weighted by atomic mass is 9.97. The Kier molecular flexibility index (Phi) is 4.36. The summed E-state index contributed by atoms with van der Waals surface area (Å²) in [7, 11) is -4.02. The summed E-state index contributed by atoms with van der Waals surface area (Å²) in [6.45, 7) is 3.06. The highest BCUT2D eigenvalue weighted by Gasteiger charge is 2.22. The third kappa shape index (κ3) is 3.53. The SMILES string of the molecule is Cc1ccc(F)c(S(=O)(=O)Nc2cc(C3CCOCC3)[nH]n2)c1. The minimum absolute atomic E-state index is 0.160. The topological polar surface area (TPSA) is 84.1 Å². The Morgan fingerprint density at radius 1 is 1.30 bits per heavy atom. The molecule has 0 saturated carbocycles. The van der Waals surface area contributed by atoms with Gasteiger partial charge >= 0.3 is 0 Å². The molecular weight excluding hydrogens is 321 g/mol. The second-order valence-electron chi connectivity index (χ2n) is 5.63. The van der Waals surface area contributed by atoms with Crippen molar-refractivity contribution in [2.75, 3.05) is 17.9 Å². The molecule has 124 valence electrons. The number of hydrogen-bond acceptors (Lipinski definition) is 4. The first-order chi connectivity index (χ1) is 11.0. The standard InChI is InChI=1S/C15H18FN3O3S/c1-10-2-3-12(16)14(8-10)23(20,21)19-15-9-13(17-18-15)11-4-6-22-7-5-11/h2-3,8-9,11H,4-7H2,1H3,(H2,17,18,19). The molecule has 2 heterocycles. The summed E-state index contributed by atoms with van der Waals surface area (Å²) >= 11 is 0. The molecule has 0 amide bonds. The maximum atomic E-state index is 13.8. The number of aromatic nitrogens is 2. The van der Waals surface area contributed by atoms with Gasteiger partial charge in [-0.25, -0.2) is 12.8 Å². The first kappa shape index (κ1) is 15.9. The fourth-order valence-corrected chi connectivity index (χ4v) is 3.77. The summed E-state index contributed by atoms with van der Waals surface area (Å²) in [6, 6.07) is 5.61. The normalized spacial score (nSPS) is 16.4. The average Bonchev–Trinajstić information content (AvgIpc) is 2.98. The van der Waals surface area contributed by atoms with Gasteiger partial charge in [0.15, 0.2) is 5.82 Å². The Hall–Kier alpha value is -1.93. The Labute approximate surface area is 134 Å². The van der Waals surface area contributed by atoms with E-state index < -0.39 is 15.8 Å². The van der Waals surface area contributed by atoms with E-state index in [1.54, 1.807) is 13.0 Å². The third-order valence-electron chi connectivity index (χ3n) is 3.87. The minimum Gasteiger partial charge on any atom is -0.381 e. The van der Waals surface area contributed by atoms with Crippen LogP contribution in [-0.2, 0) is 14.8 Å². The number of rotatable bonds is 4. The Morgan fingerprint density at radius 2 is 2.04 bits per heavy atom. The molecule has 0 unspecified atom stereocenters. The van der Waals surface area contributed by atoms with Crippen LogP contribution in [0.4, 0.5) is 10.2 Å². The summed E-state index contributed by atoms with van der Waals surface area (Å²) in [5.74, 6) is -0.360. The number of benzene rings is 1. The van der Waals surface area contributed by atoms with Crippen molar-refractivity contribution in [2.45, 2.75) is 30.6 Å². The predicted molar refractivity (Wildman–Crippen MR) is 83.3 cm³/mol. The fourth-order valence-electron chi connectivity index (χ4n) is 2.62. The van der Waals surface area contributed by atoms with Crippen LogP contribution in [0, 0.1) is 12.7 Å². The number of nitrogens with one attached hydrogen (secondary N) is 2. The molecule has 6 nitrogen and oxygen atoms in total. The lowest BCUT2D eigenvalue weighted by Gasteiger charge is -2.20. The summed E-state index contributed by atoms with van der Waals surface area (Å²) in [5.41, 5.74) is 1.52. The lowest BCUT2D eigenvalue weighted by molar-refractivity contribution is 0.0845. The Bertz CT molecular complexity index is 798. The van der Waals surface area contributed by atoms with Crippen LogP contribution >= 0.6 is 0 Å². The first-order valence-corrected chi connectivity index (χ1v) is 8.86. The molecular formula is C15H18FN3O3S. The first-order valence-electron chi connectivity index (χ1n) is 7.38. The molecule has 23 heavy (non-hydrogen) atoms. The molecule has 2 N–H and O–H groups in total. The predicted octanol–water partition coefficient (Wildman–Crippen LogP) is 2.55. The highest BCUT2D eigenvalue weighted by Crippen LogP contribution is 2.27. The van der Waals surface area contributed by atoms with Gasteiger partial charge in [-0.3, -0.25) is 9.82 Å². The number of aryl methyl sites for hydroxylation is 1. The number of aromatic amines is 1. The molecule has 1 aromatic carbocycles. The molecule has 8 heteroatoms. The molecule has 1 aliphatic heterocycles. The molecule has 1 saturated heterocycles. The van der Waals surface area contributed by atoms with Crippen LogP contribution in [-0.4, -0.2) is 31.8 Å². The van der Waals surface area contributed by atoms with Gasteiger partial charge in [-0.15, -0.1) is 0 Å². The van der Waals surface area contributed by atoms with Gasteiger partial charge in [0.2, 0.25) is 0 Å². The molecule has 1 aromatic heterocycles. The number of ether oxygens (including phenoxy) is 1. The second kappa shape index (κ2) is 6.29. The van der Waals surface area contributed by atoms with Crippen LogP contribution in [0.1, 0.15) is 30.0 Å². The fraction of sp³-hybridized carbons (Fsp3) is 0.400. The van der Waals surface area contributed by atoms with Crippen LogP contribution in [0.25, 0.3) is 0 Å².